The second kappa shape index (κ2) is 14.5. The predicted molar refractivity (Wildman–Crippen MR) is 166 cm³/mol. The Balaban J connectivity index is 0.00000461. The third-order valence-corrected chi connectivity index (χ3v) is 9.16. The van der Waals surface area contributed by atoms with Crippen LogP contribution in [0.1, 0.15) is 37.6 Å². The minimum atomic E-state index is -4.64. The van der Waals surface area contributed by atoms with E-state index in [9.17, 15) is 23.1 Å². The lowest BCUT2D eigenvalue weighted by atomic mass is 10.1. The second-order valence-corrected chi connectivity index (χ2v) is 12.3. The van der Waals surface area contributed by atoms with Gasteiger partial charge in [0.05, 0.1) is 35.5 Å². The number of halogens is 5. The zero-order chi connectivity index (χ0) is 31.6. The first-order valence-corrected chi connectivity index (χ1v) is 15.2. The van der Waals surface area contributed by atoms with Gasteiger partial charge in [0.25, 0.3) is 0 Å². The molecule has 1 aromatic carbocycles. The van der Waals surface area contributed by atoms with Crippen LogP contribution < -0.4 is 10.2 Å². The molecule has 246 valence electrons. The normalized spacial score (nSPS) is 19.5. The number of hydrogen-bond donors (Lipinski definition) is 2. The van der Waals surface area contributed by atoms with Gasteiger partial charge in [-0.2, -0.15) is 17.6 Å². The fourth-order valence-corrected chi connectivity index (χ4v) is 6.86. The van der Waals surface area contributed by atoms with E-state index in [4.69, 9.17) is 16.3 Å². The van der Waals surface area contributed by atoms with Crippen molar-refractivity contribution in [2.75, 3.05) is 56.7 Å². The molecule has 10 nitrogen and oxygen atoms in total. The van der Waals surface area contributed by atoms with Crippen molar-refractivity contribution in [3.8, 4) is 11.3 Å². The van der Waals surface area contributed by atoms with Crippen molar-refractivity contribution in [2.45, 2.75) is 52.0 Å². The van der Waals surface area contributed by atoms with Gasteiger partial charge in [-0.05, 0) is 38.4 Å². The maximum atomic E-state index is 15.9. The lowest BCUT2D eigenvalue weighted by molar-refractivity contribution is -0.139. The molecule has 45 heavy (non-hydrogen) atoms. The Morgan fingerprint density at radius 3 is 2.67 bits per heavy atom. The molecule has 0 saturated carbocycles. The summed E-state index contributed by atoms with van der Waals surface area (Å²) in [5.74, 6) is -1.80. The summed E-state index contributed by atoms with van der Waals surface area (Å²) in [4.78, 5) is 30.6. The number of carboxylic acids is 1. The van der Waals surface area contributed by atoms with Crippen molar-refractivity contribution in [1.82, 2.24) is 24.8 Å². The van der Waals surface area contributed by atoms with Crippen LogP contribution in [-0.4, -0.2) is 94.4 Å². The molecule has 2 aromatic heterocycles. The SMILES string of the molecule is C.COC[C@@H]1CN(c2ncnc(Nc3nc(-c4ccc(Cl)c(C(F)(F)F)c4)c(CN4CCC[C@H]4C)s3)c2F)CCN1CC(=O)O. The zero-order valence-corrected chi connectivity index (χ0v) is 25.6. The quantitative estimate of drug-likeness (QED) is 0.249. The molecule has 0 amide bonds. The van der Waals surface area contributed by atoms with Gasteiger partial charge in [-0.15, -0.1) is 0 Å². The average Bonchev–Trinajstić information content (AvgIpc) is 3.56. The third-order valence-electron chi connectivity index (χ3n) is 7.88. The smallest absolute Gasteiger partial charge is 0.417 e. The number of piperazine rings is 1. The van der Waals surface area contributed by atoms with Crippen LogP contribution in [0.5, 0.6) is 0 Å². The first kappa shape index (κ1) is 34.8. The van der Waals surface area contributed by atoms with Gasteiger partial charge in [-0.3, -0.25) is 14.6 Å². The Kier molecular flexibility index (Phi) is 11.2. The first-order valence-electron chi connectivity index (χ1n) is 14.0. The van der Waals surface area contributed by atoms with Crippen LogP contribution in [0.25, 0.3) is 11.3 Å². The number of likely N-dealkylation sites (tertiary alicyclic amines) is 1. The molecule has 2 aliphatic rings. The molecule has 5 rings (SSSR count). The van der Waals surface area contributed by atoms with Crippen LogP contribution in [-0.2, 0) is 22.3 Å². The van der Waals surface area contributed by atoms with Gasteiger partial charge in [-0.1, -0.05) is 36.4 Å². The summed E-state index contributed by atoms with van der Waals surface area (Å²) in [6, 6.07) is 3.70. The fraction of sp³-hybridized carbons (Fsp3) is 0.517. The molecular formula is C29H36ClF4N7O3S. The monoisotopic (exact) mass is 673 g/mol. The van der Waals surface area contributed by atoms with Gasteiger partial charge in [0.15, 0.2) is 16.8 Å². The van der Waals surface area contributed by atoms with Crippen LogP contribution in [0.2, 0.25) is 5.02 Å². The minimum Gasteiger partial charge on any atom is -0.480 e. The zero-order valence-electron chi connectivity index (χ0n) is 24.1. The molecule has 2 saturated heterocycles. The molecule has 0 unspecified atom stereocenters. The van der Waals surface area contributed by atoms with Crippen molar-refractivity contribution >= 4 is 45.7 Å². The van der Waals surface area contributed by atoms with Gasteiger partial charge in [0, 0.05) is 49.8 Å². The van der Waals surface area contributed by atoms with E-state index >= 15 is 4.39 Å². The summed E-state index contributed by atoms with van der Waals surface area (Å²) in [6.45, 7) is 4.49. The van der Waals surface area contributed by atoms with Gasteiger partial charge >= 0.3 is 12.1 Å². The number of aromatic nitrogens is 3. The van der Waals surface area contributed by atoms with E-state index in [2.05, 4.69) is 32.1 Å². The number of carboxylic acid groups (broad SMARTS) is 1. The lowest BCUT2D eigenvalue weighted by Gasteiger charge is -2.40. The highest BCUT2D eigenvalue weighted by Gasteiger charge is 2.35. The van der Waals surface area contributed by atoms with E-state index < -0.39 is 28.5 Å². The number of nitrogens with zero attached hydrogens (tertiary/aromatic N) is 6. The highest BCUT2D eigenvalue weighted by Crippen LogP contribution is 2.40. The van der Waals surface area contributed by atoms with Gasteiger partial charge in [0.1, 0.15) is 6.33 Å². The molecule has 2 fully saturated rings. The molecule has 3 aromatic rings. The first-order chi connectivity index (χ1) is 20.9. The van der Waals surface area contributed by atoms with Gasteiger partial charge in [-0.25, -0.2) is 15.0 Å². The van der Waals surface area contributed by atoms with Crippen LogP contribution in [0.3, 0.4) is 0 Å². The number of thiazole rings is 1. The van der Waals surface area contributed by atoms with Crippen molar-refractivity contribution in [2.24, 2.45) is 0 Å². The number of ether oxygens (including phenoxy) is 1. The Bertz CT molecular complexity index is 1490. The summed E-state index contributed by atoms with van der Waals surface area (Å²) in [5.41, 5.74) is -0.355. The molecule has 2 aliphatic heterocycles. The number of alkyl halides is 3. The maximum Gasteiger partial charge on any atom is 0.417 e. The molecule has 0 spiro atoms. The highest BCUT2D eigenvalue weighted by molar-refractivity contribution is 7.16. The van der Waals surface area contributed by atoms with E-state index in [-0.39, 0.29) is 55.5 Å². The summed E-state index contributed by atoms with van der Waals surface area (Å²) < 4.78 is 62.2. The van der Waals surface area contributed by atoms with Gasteiger partial charge < -0.3 is 20.1 Å². The number of aliphatic carboxylic acids is 1. The Labute approximate surface area is 268 Å². The third kappa shape index (κ3) is 8.01. The van der Waals surface area contributed by atoms with Crippen LogP contribution in [0.4, 0.5) is 34.3 Å². The average molecular weight is 674 g/mol. The van der Waals surface area contributed by atoms with Crippen LogP contribution >= 0.6 is 22.9 Å². The number of methoxy groups -OCH3 is 1. The van der Waals surface area contributed by atoms with Crippen molar-refractivity contribution in [1.29, 1.82) is 0 Å². The lowest BCUT2D eigenvalue weighted by Crippen LogP contribution is -2.56. The van der Waals surface area contributed by atoms with Crippen LogP contribution in [0, 0.1) is 5.82 Å². The Morgan fingerprint density at radius 2 is 2.00 bits per heavy atom. The van der Waals surface area contributed by atoms with E-state index in [1.54, 1.807) is 9.80 Å². The van der Waals surface area contributed by atoms with E-state index in [1.807, 2.05) is 0 Å². The topological polar surface area (TPSA) is 107 Å². The van der Waals surface area contributed by atoms with E-state index in [0.717, 1.165) is 30.3 Å². The second-order valence-electron chi connectivity index (χ2n) is 10.8. The molecule has 0 bridgehead atoms. The molecule has 2 atom stereocenters. The van der Waals surface area contributed by atoms with Crippen molar-refractivity contribution in [3.05, 3.63) is 45.8 Å². The number of nitrogens with one attached hydrogen (secondary N) is 1. The molecule has 0 radical (unpaired) electrons. The number of hydrogen-bond acceptors (Lipinski definition) is 10. The molecule has 2 N–H and O–H groups in total. The number of rotatable bonds is 10. The fourth-order valence-electron chi connectivity index (χ4n) is 5.63. The largest absolute Gasteiger partial charge is 0.480 e. The van der Waals surface area contributed by atoms with E-state index in [0.29, 0.717) is 31.4 Å². The van der Waals surface area contributed by atoms with E-state index in [1.165, 1.54) is 36.9 Å². The molecular weight excluding hydrogens is 638 g/mol. The van der Waals surface area contributed by atoms with Crippen molar-refractivity contribution in [3.63, 3.8) is 0 Å². The summed E-state index contributed by atoms with van der Waals surface area (Å²) in [7, 11) is 1.51. The summed E-state index contributed by atoms with van der Waals surface area (Å²) in [6.07, 6.45) is -1.39. The number of benzene rings is 1. The number of anilines is 3. The summed E-state index contributed by atoms with van der Waals surface area (Å²) >= 11 is 7.10. The maximum absolute atomic E-state index is 15.9. The highest BCUT2D eigenvalue weighted by atomic mass is 35.5. The Morgan fingerprint density at radius 1 is 1.22 bits per heavy atom. The number of carbonyl (C=O) groups is 1. The molecule has 0 aliphatic carbocycles. The van der Waals surface area contributed by atoms with Crippen molar-refractivity contribution < 1.29 is 32.2 Å². The Hall–Kier alpha value is -3.11. The predicted octanol–water partition coefficient (Wildman–Crippen LogP) is 6.00. The minimum absolute atomic E-state index is 0. The molecule has 4 heterocycles. The van der Waals surface area contributed by atoms with Gasteiger partial charge in [0.2, 0.25) is 5.82 Å². The molecule has 16 heteroatoms. The standard InChI is InChI=1S/C28H32ClF4N7O3S.CH4/c1-16-4-3-7-38(16)12-21-24(17-5-6-20(29)19(10-17)28(31,32)33)36-27(44-21)37-25-23(30)26(35-15-34-25)40-9-8-39(13-22(41)42)18(11-40)14-43-2;/h5-6,10,15-16,18H,3-4,7-9,11-14H2,1-2H3,(H,41,42)(H,34,35,36,37);1H4/t16-,18+;/m1./s1. The van der Waals surface area contributed by atoms with Crippen LogP contribution in [0.15, 0.2) is 24.5 Å². The summed E-state index contributed by atoms with van der Waals surface area (Å²) in [5, 5.41) is 12.0.